The number of hydrogen-bond donors (Lipinski definition) is 0. The zero-order valence-electron chi connectivity index (χ0n) is 20.4. The molecular weight excluding hydrogens is 504 g/mol. The van der Waals surface area contributed by atoms with Crippen molar-refractivity contribution < 1.29 is 32.2 Å². The number of Topliss-reactive ketones (excluding diaryl/α,β-unsaturated/α-hetero) is 2. The van der Waals surface area contributed by atoms with Crippen LogP contribution in [0.2, 0.25) is 0 Å². The lowest BCUT2D eigenvalue weighted by molar-refractivity contribution is -0.120. The maximum atomic E-state index is 12.0. The molecule has 0 aromatic heterocycles. The minimum absolute atomic E-state index is 0. The van der Waals surface area contributed by atoms with Gasteiger partial charge in [0.1, 0.15) is 17.3 Å². The van der Waals surface area contributed by atoms with E-state index in [1.165, 1.54) is 14.0 Å². The first kappa shape index (κ1) is 42.5. The smallest absolute Gasteiger partial charge is 0.178 e. The summed E-state index contributed by atoms with van der Waals surface area (Å²) >= 11 is 0. The Morgan fingerprint density at radius 2 is 1.13 bits per heavy atom. The average molecular weight is 557 g/mol. The number of carbonyl (C=O) groups excluding carboxylic acids is 2. The molecular formula is C30H52O7S. The Hall–Kier alpha value is -2.55. The van der Waals surface area contributed by atoms with Gasteiger partial charge < -0.3 is 14.2 Å². The zero-order valence-corrected chi connectivity index (χ0v) is 21.3. The van der Waals surface area contributed by atoms with Crippen LogP contribution < -0.4 is 4.74 Å². The minimum atomic E-state index is -3.29. The first-order valence-electron chi connectivity index (χ1n) is 11.2. The summed E-state index contributed by atoms with van der Waals surface area (Å²) in [7, 11) is -0.183. The van der Waals surface area contributed by atoms with E-state index in [4.69, 9.17) is 14.2 Å². The van der Waals surface area contributed by atoms with Gasteiger partial charge in [0.25, 0.3) is 0 Å². The van der Waals surface area contributed by atoms with Gasteiger partial charge in [0.15, 0.2) is 9.84 Å². The predicted octanol–water partition coefficient (Wildman–Crippen LogP) is 6.84. The predicted molar refractivity (Wildman–Crippen MR) is 159 cm³/mol. The van der Waals surface area contributed by atoms with Crippen molar-refractivity contribution in [2.24, 2.45) is 0 Å². The van der Waals surface area contributed by atoms with Crippen LogP contribution in [0.4, 0.5) is 0 Å². The molecule has 0 aliphatic rings. The second kappa shape index (κ2) is 23.6. The lowest BCUT2D eigenvalue weighted by Crippen LogP contribution is -2.19. The third-order valence-electron chi connectivity index (χ3n) is 4.96. The molecule has 0 heterocycles. The first-order valence-corrected chi connectivity index (χ1v) is 12.8. The maximum absolute atomic E-state index is 12.0. The molecule has 0 bridgehead atoms. The van der Waals surface area contributed by atoms with Gasteiger partial charge in [0, 0.05) is 33.5 Å². The van der Waals surface area contributed by atoms with Crippen molar-refractivity contribution in [1.29, 1.82) is 0 Å². The highest BCUT2D eigenvalue weighted by molar-refractivity contribution is 7.91. The molecule has 0 saturated heterocycles. The van der Waals surface area contributed by atoms with E-state index < -0.39 is 9.84 Å². The van der Waals surface area contributed by atoms with E-state index in [9.17, 15) is 18.0 Å². The number of methoxy groups -OCH3 is 2. The van der Waals surface area contributed by atoms with Gasteiger partial charge in [-0.2, -0.15) is 0 Å². The number of ketones is 2. The third kappa shape index (κ3) is 18.7. The summed E-state index contributed by atoms with van der Waals surface area (Å²) in [5.41, 5.74) is 0. The molecule has 2 aromatic carbocycles. The Labute approximate surface area is 232 Å². The van der Waals surface area contributed by atoms with Crippen molar-refractivity contribution >= 4 is 21.4 Å². The molecule has 38 heavy (non-hydrogen) atoms. The van der Waals surface area contributed by atoms with Gasteiger partial charge in [0.05, 0.1) is 29.5 Å². The fraction of sp³-hybridized carbons (Fsp3) is 0.533. The highest BCUT2D eigenvalue weighted by Crippen LogP contribution is 2.14. The summed E-state index contributed by atoms with van der Waals surface area (Å²) in [6, 6.07) is 17.9. The normalized spacial score (nSPS) is 11.4. The summed E-state index contributed by atoms with van der Waals surface area (Å²) in [6.45, 7) is 3.61. The van der Waals surface area contributed by atoms with Crippen LogP contribution in [0.5, 0.6) is 5.75 Å². The monoisotopic (exact) mass is 556 g/mol. The molecule has 0 radical (unpaired) electrons. The molecule has 8 heteroatoms. The first-order chi connectivity index (χ1) is 16.2. The summed E-state index contributed by atoms with van der Waals surface area (Å²) in [5, 5.41) is 0. The van der Waals surface area contributed by atoms with Crippen molar-refractivity contribution in [2.45, 2.75) is 86.3 Å². The third-order valence-corrected chi connectivity index (χ3v) is 6.72. The van der Waals surface area contributed by atoms with E-state index in [2.05, 4.69) is 0 Å². The van der Waals surface area contributed by atoms with Crippen LogP contribution in [0, 0.1) is 0 Å². The van der Waals surface area contributed by atoms with Crippen molar-refractivity contribution in [3.05, 3.63) is 60.7 Å². The summed E-state index contributed by atoms with van der Waals surface area (Å²) in [6.07, 6.45) is 1.38. The van der Waals surface area contributed by atoms with Crippen LogP contribution in [0.1, 0.15) is 69.2 Å². The summed E-state index contributed by atoms with van der Waals surface area (Å²) < 4.78 is 39.8. The van der Waals surface area contributed by atoms with E-state index in [-0.39, 0.29) is 65.7 Å². The molecule has 0 fully saturated rings. The van der Waals surface area contributed by atoms with Crippen LogP contribution in [-0.2, 0) is 28.9 Å². The van der Waals surface area contributed by atoms with Gasteiger partial charge in [-0.15, -0.1) is 0 Å². The molecule has 7 nitrogen and oxygen atoms in total. The Kier molecular flexibility index (Phi) is 26.4. The van der Waals surface area contributed by atoms with E-state index >= 15 is 0 Å². The van der Waals surface area contributed by atoms with Crippen molar-refractivity contribution in [1.82, 2.24) is 0 Å². The molecule has 2 atom stereocenters. The SMILES string of the molecule is C.C.C.C.COC(CCOc1ccccc1)CC(C)=O.COC(CCS(=O)(=O)c1ccccc1)CC(C)=O. The number of rotatable bonds is 14. The fourth-order valence-electron chi connectivity index (χ4n) is 3.10. The van der Waals surface area contributed by atoms with Gasteiger partial charge in [-0.05, 0) is 44.5 Å². The number of ether oxygens (including phenoxy) is 3. The topological polar surface area (TPSA) is 96.0 Å². The second-order valence-electron chi connectivity index (χ2n) is 7.90. The van der Waals surface area contributed by atoms with Crippen molar-refractivity contribution in [2.75, 3.05) is 26.6 Å². The van der Waals surface area contributed by atoms with Crippen LogP contribution in [0.15, 0.2) is 65.6 Å². The average Bonchev–Trinajstić information content (AvgIpc) is 2.82. The Balaban J connectivity index is -0.000000277. The molecule has 0 aliphatic heterocycles. The maximum Gasteiger partial charge on any atom is 0.178 e. The van der Waals surface area contributed by atoms with Gasteiger partial charge >= 0.3 is 0 Å². The molecule has 2 aromatic rings. The molecule has 0 saturated carbocycles. The number of hydrogen-bond acceptors (Lipinski definition) is 7. The van der Waals surface area contributed by atoms with E-state index in [1.807, 2.05) is 30.3 Å². The number of sulfone groups is 1. The molecule has 0 N–H and O–H groups in total. The van der Waals surface area contributed by atoms with Crippen LogP contribution in [-0.4, -0.2) is 58.8 Å². The molecule has 0 spiro atoms. The van der Waals surface area contributed by atoms with Crippen LogP contribution in [0.3, 0.4) is 0 Å². The van der Waals surface area contributed by atoms with Crippen molar-refractivity contribution in [3.63, 3.8) is 0 Å². The number of carbonyl (C=O) groups is 2. The Morgan fingerprint density at radius 3 is 1.55 bits per heavy atom. The Morgan fingerprint density at radius 1 is 0.711 bits per heavy atom. The minimum Gasteiger partial charge on any atom is -0.493 e. The largest absolute Gasteiger partial charge is 0.493 e. The lowest BCUT2D eigenvalue weighted by atomic mass is 10.1. The zero-order chi connectivity index (χ0) is 25.4. The molecule has 0 aliphatic carbocycles. The second-order valence-corrected chi connectivity index (χ2v) is 10.0. The van der Waals surface area contributed by atoms with Crippen molar-refractivity contribution in [3.8, 4) is 5.75 Å². The van der Waals surface area contributed by atoms with E-state index in [0.29, 0.717) is 24.3 Å². The highest BCUT2D eigenvalue weighted by atomic mass is 32.2. The van der Waals surface area contributed by atoms with Crippen LogP contribution in [0.25, 0.3) is 0 Å². The van der Waals surface area contributed by atoms with Crippen LogP contribution >= 0.6 is 0 Å². The quantitative estimate of drug-likeness (QED) is 0.251. The Bertz CT molecular complexity index is 945. The number of benzene rings is 2. The van der Waals surface area contributed by atoms with Gasteiger partial charge in [0.2, 0.25) is 0 Å². The standard InChI is InChI=1S/C13H18O4S.C13H18O3.4CH4/c1-11(14)10-12(17-2)8-9-18(15,16)13-6-4-3-5-7-13;1-11(14)10-13(15-2)8-9-16-12-6-4-3-5-7-12;;;;/h3-7,12H,8-10H2,1-2H3;3-7,13H,8-10H2,1-2H3;4*1H4. The van der Waals surface area contributed by atoms with Gasteiger partial charge in [-0.1, -0.05) is 66.1 Å². The summed E-state index contributed by atoms with van der Waals surface area (Å²) in [5.74, 6) is 0.980. The van der Waals surface area contributed by atoms with E-state index in [0.717, 1.165) is 12.2 Å². The molecule has 2 unspecified atom stereocenters. The number of para-hydroxylation sites is 1. The van der Waals surface area contributed by atoms with Gasteiger partial charge in [-0.3, -0.25) is 9.59 Å². The summed E-state index contributed by atoms with van der Waals surface area (Å²) in [4.78, 5) is 22.2. The highest BCUT2D eigenvalue weighted by Gasteiger charge is 2.18. The fourth-order valence-corrected chi connectivity index (χ4v) is 4.49. The molecule has 0 amide bonds. The molecule has 220 valence electrons. The van der Waals surface area contributed by atoms with E-state index in [1.54, 1.807) is 44.4 Å². The van der Waals surface area contributed by atoms with Gasteiger partial charge in [-0.25, -0.2) is 8.42 Å². The lowest BCUT2D eigenvalue weighted by Gasteiger charge is -2.14. The molecule has 2 rings (SSSR count).